The van der Waals surface area contributed by atoms with Crippen LogP contribution in [0.2, 0.25) is 0 Å². The van der Waals surface area contributed by atoms with E-state index < -0.39 is 18.2 Å². The number of aliphatic hydroxyl groups excluding tert-OH is 1. The van der Waals surface area contributed by atoms with Crippen molar-refractivity contribution >= 4 is 6.09 Å². The first kappa shape index (κ1) is 8.23. The SMILES string of the molecule is CC(O)[C@H](C)NC(=O)O. The number of nitrogens with one attached hydrogen (secondary N) is 1. The number of hydrogen-bond donors (Lipinski definition) is 3. The molecule has 0 saturated heterocycles. The van der Waals surface area contributed by atoms with Crippen LogP contribution in [0, 0.1) is 0 Å². The Kier molecular flexibility index (Phi) is 3.01. The Labute approximate surface area is 53.5 Å². The second-order valence-corrected chi connectivity index (χ2v) is 1.98. The third-order valence-electron chi connectivity index (χ3n) is 1.07. The highest BCUT2D eigenvalue weighted by Gasteiger charge is 2.09. The van der Waals surface area contributed by atoms with Crippen LogP contribution >= 0.6 is 0 Å². The van der Waals surface area contributed by atoms with Gasteiger partial charge in [0.25, 0.3) is 0 Å². The summed E-state index contributed by atoms with van der Waals surface area (Å²) in [5.74, 6) is 0. The average molecular weight is 133 g/mol. The second-order valence-electron chi connectivity index (χ2n) is 1.98. The van der Waals surface area contributed by atoms with Crippen LogP contribution in [0.1, 0.15) is 13.8 Å². The Balaban J connectivity index is 3.50. The molecule has 0 spiro atoms. The minimum atomic E-state index is -1.11. The van der Waals surface area contributed by atoms with Crippen LogP contribution in [0.5, 0.6) is 0 Å². The molecule has 0 radical (unpaired) electrons. The molecule has 1 amide bonds. The molecule has 0 rings (SSSR count). The van der Waals surface area contributed by atoms with Gasteiger partial charge < -0.3 is 15.5 Å². The van der Waals surface area contributed by atoms with E-state index in [1.165, 1.54) is 6.92 Å². The van der Waals surface area contributed by atoms with Crippen molar-refractivity contribution in [3.63, 3.8) is 0 Å². The van der Waals surface area contributed by atoms with E-state index in [0.717, 1.165) is 0 Å². The lowest BCUT2D eigenvalue weighted by molar-refractivity contribution is 0.140. The highest BCUT2D eigenvalue weighted by Crippen LogP contribution is 1.88. The average Bonchev–Trinajstić information content (AvgIpc) is 1.63. The highest BCUT2D eigenvalue weighted by atomic mass is 16.4. The first-order valence-electron chi connectivity index (χ1n) is 2.71. The molecule has 4 heteroatoms. The number of carboxylic acid groups (broad SMARTS) is 1. The molecule has 1 unspecified atom stereocenters. The summed E-state index contributed by atoms with van der Waals surface area (Å²) < 4.78 is 0. The van der Waals surface area contributed by atoms with Gasteiger partial charge in [0.1, 0.15) is 0 Å². The van der Waals surface area contributed by atoms with Crippen molar-refractivity contribution < 1.29 is 15.0 Å². The Morgan fingerprint density at radius 3 is 2.11 bits per heavy atom. The molecule has 3 N–H and O–H groups in total. The van der Waals surface area contributed by atoms with Crippen molar-refractivity contribution in [2.75, 3.05) is 0 Å². The van der Waals surface area contributed by atoms with E-state index in [9.17, 15) is 4.79 Å². The fraction of sp³-hybridized carbons (Fsp3) is 0.800. The van der Waals surface area contributed by atoms with Gasteiger partial charge in [0.15, 0.2) is 0 Å². The molecule has 0 saturated carbocycles. The fourth-order valence-electron chi connectivity index (χ4n) is 0.315. The summed E-state index contributed by atoms with van der Waals surface area (Å²) in [5.41, 5.74) is 0. The fourth-order valence-corrected chi connectivity index (χ4v) is 0.315. The number of hydrogen-bond acceptors (Lipinski definition) is 2. The van der Waals surface area contributed by atoms with Crippen LogP contribution in [-0.4, -0.2) is 28.5 Å². The topological polar surface area (TPSA) is 69.6 Å². The summed E-state index contributed by atoms with van der Waals surface area (Å²) in [6, 6.07) is -0.400. The predicted octanol–water partition coefficient (Wildman–Crippen LogP) is 0.0233. The maximum atomic E-state index is 9.89. The van der Waals surface area contributed by atoms with Crippen LogP contribution in [0.15, 0.2) is 0 Å². The smallest absolute Gasteiger partial charge is 0.404 e. The van der Waals surface area contributed by atoms with Gasteiger partial charge in [-0.3, -0.25) is 0 Å². The van der Waals surface area contributed by atoms with Gasteiger partial charge in [0, 0.05) is 0 Å². The third-order valence-corrected chi connectivity index (χ3v) is 1.07. The molecular formula is C5H11NO3. The van der Waals surface area contributed by atoms with Crippen molar-refractivity contribution in [2.45, 2.75) is 26.0 Å². The highest BCUT2D eigenvalue weighted by molar-refractivity contribution is 5.64. The van der Waals surface area contributed by atoms with Gasteiger partial charge in [0.2, 0.25) is 0 Å². The van der Waals surface area contributed by atoms with Gasteiger partial charge in [-0.15, -0.1) is 0 Å². The van der Waals surface area contributed by atoms with Crippen LogP contribution in [0.3, 0.4) is 0 Å². The van der Waals surface area contributed by atoms with E-state index in [2.05, 4.69) is 5.32 Å². The molecule has 0 aromatic carbocycles. The summed E-state index contributed by atoms with van der Waals surface area (Å²) in [7, 11) is 0. The van der Waals surface area contributed by atoms with E-state index in [0.29, 0.717) is 0 Å². The molecule has 0 fully saturated rings. The summed E-state index contributed by atoms with van der Waals surface area (Å²) in [4.78, 5) is 9.89. The van der Waals surface area contributed by atoms with Crippen molar-refractivity contribution in [1.29, 1.82) is 0 Å². The summed E-state index contributed by atoms with van der Waals surface area (Å²) in [6.45, 7) is 3.12. The lowest BCUT2D eigenvalue weighted by Gasteiger charge is -2.13. The molecule has 0 aromatic heterocycles. The van der Waals surface area contributed by atoms with Gasteiger partial charge in [0.05, 0.1) is 12.1 Å². The molecule has 4 nitrogen and oxygen atoms in total. The van der Waals surface area contributed by atoms with Crippen LogP contribution in [-0.2, 0) is 0 Å². The van der Waals surface area contributed by atoms with Crippen LogP contribution in [0.4, 0.5) is 4.79 Å². The Hall–Kier alpha value is -0.770. The van der Waals surface area contributed by atoms with Gasteiger partial charge in [-0.25, -0.2) is 4.79 Å². The lowest BCUT2D eigenvalue weighted by Crippen LogP contribution is -2.38. The number of amides is 1. The largest absolute Gasteiger partial charge is 0.465 e. The zero-order chi connectivity index (χ0) is 7.44. The van der Waals surface area contributed by atoms with Crippen molar-refractivity contribution in [3.8, 4) is 0 Å². The quantitative estimate of drug-likeness (QED) is 0.497. The molecular weight excluding hydrogens is 122 g/mol. The second kappa shape index (κ2) is 3.29. The maximum absolute atomic E-state index is 9.89. The van der Waals surface area contributed by atoms with Gasteiger partial charge in [-0.1, -0.05) is 0 Å². The van der Waals surface area contributed by atoms with Crippen molar-refractivity contribution in [3.05, 3.63) is 0 Å². The third kappa shape index (κ3) is 3.78. The number of carbonyl (C=O) groups is 1. The van der Waals surface area contributed by atoms with Gasteiger partial charge in [-0.2, -0.15) is 0 Å². The molecule has 0 aromatic rings. The standard InChI is InChI=1S/C5H11NO3/c1-3(4(2)7)6-5(8)9/h3-4,6-7H,1-2H3,(H,8,9)/t3-,4?/m0/s1. The molecule has 2 atom stereocenters. The molecule has 54 valence electrons. The zero-order valence-electron chi connectivity index (χ0n) is 5.46. The molecule has 0 heterocycles. The molecule has 0 bridgehead atoms. The maximum Gasteiger partial charge on any atom is 0.404 e. The van der Waals surface area contributed by atoms with Crippen molar-refractivity contribution in [1.82, 2.24) is 5.32 Å². The van der Waals surface area contributed by atoms with Crippen molar-refractivity contribution in [2.24, 2.45) is 0 Å². The van der Waals surface area contributed by atoms with Gasteiger partial charge >= 0.3 is 6.09 Å². The van der Waals surface area contributed by atoms with Crippen LogP contribution < -0.4 is 5.32 Å². The predicted molar refractivity (Wildman–Crippen MR) is 32.3 cm³/mol. The van der Waals surface area contributed by atoms with E-state index in [-0.39, 0.29) is 0 Å². The van der Waals surface area contributed by atoms with E-state index in [1.54, 1.807) is 6.92 Å². The zero-order valence-corrected chi connectivity index (χ0v) is 5.46. The van der Waals surface area contributed by atoms with E-state index >= 15 is 0 Å². The Bertz CT molecular complexity index is 102. The number of aliphatic hydroxyl groups is 1. The molecule has 9 heavy (non-hydrogen) atoms. The summed E-state index contributed by atoms with van der Waals surface area (Å²) in [6.07, 6.45) is -1.75. The molecule has 0 aliphatic carbocycles. The minimum absolute atomic E-state index is 0.400. The Morgan fingerprint density at radius 2 is 2.00 bits per heavy atom. The summed E-state index contributed by atoms with van der Waals surface area (Å²) in [5, 5.41) is 19.0. The summed E-state index contributed by atoms with van der Waals surface area (Å²) >= 11 is 0. The first-order chi connectivity index (χ1) is 4.04. The minimum Gasteiger partial charge on any atom is -0.465 e. The Morgan fingerprint density at radius 1 is 1.56 bits per heavy atom. The number of rotatable bonds is 2. The van der Waals surface area contributed by atoms with E-state index in [4.69, 9.17) is 10.2 Å². The van der Waals surface area contributed by atoms with Gasteiger partial charge in [-0.05, 0) is 13.8 Å². The monoisotopic (exact) mass is 133 g/mol. The first-order valence-corrected chi connectivity index (χ1v) is 2.71. The van der Waals surface area contributed by atoms with Crippen LogP contribution in [0.25, 0.3) is 0 Å². The van der Waals surface area contributed by atoms with E-state index in [1.807, 2.05) is 0 Å². The normalized spacial score (nSPS) is 16.3. The molecule has 0 aliphatic rings. The lowest BCUT2D eigenvalue weighted by atomic mass is 10.2. The molecule has 0 aliphatic heterocycles.